The zero-order chi connectivity index (χ0) is 17.4. The molecule has 2 aliphatic heterocycles. The van der Waals surface area contributed by atoms with Gasteiger partial charge in [-0.05, 0) is 69.1 Å². The van der Waals surface area contributed by atoms with E-state index in [1.807, 2.05) is 0 Å². The van der Waals surface area contributed by atoms with E-state index in [2.05, 4.69) is 9.80 Å². The maximum atomic E-state index is 12.9. The summed E-state index contributed by atoms with van der Waals surface area (Å²) in [7, 11) is 0. The lowest BCUT2D eigenvalue weighted by atomic mass is 9.72. The molecular formula is C20H32N2O3. The summed E-state index contributed by atoms with van der Waals surface area (Å²) in [6.45, 7) is 2.93. The number of likely N-dealkylation sites (tertiary alicyclic amines) is 2. The summed E-state index contributed by atoms with van der Waals surface area (Å²) in [5.74, 6) is 1.28. The third-order valence-electron chi connectivity index (χ3n) is 7.27. The number of nitrogens with zero attached hydrogens (tertiary/aromatic N) is 2. The molecule has 5 nitrogen and oxygen atoms in total. The highest BCUT2D eigenvalue weighted by Gasteiger charge is 2.46. The molecule has 2 saturated carbocycles. The lowest BCUT2D eigenvalue weighted by Gasteiger charge is -2.48. The van der Waals surface area contributed by atoms with Gasteiger partial charge in [-0.25, -0.2) is 0 Å². The minimum absolute atomic E-state index is 0.174. The number of hydrogen-bond donors (Lipinski definition) is 1. The molecule has 0 aromatic rings. The molecule has 2 aliphatic carbocycles. The van der Waals surface area contributed by atoms with Gasteiger partial charge >= 0.3 is 0 Å². The predicted octanol–water partition coefficient (Wildman–Crippen LogP) is 2.18. The van der Waals surface area contributed by atoms with Crippen LogP contribution in [0.2, 0.25) is 0 Å². The number of aliphatic hydroxyl groups is 1. The summed E-state index contributed by atoms with van der Waals surface area (Å²) < 4.78 is 0. The summed E-state index contributed by atoms with van der Waals surface area (Å²) in [5, 5.41) is 9.27. The Hall–Kier alpha value is -1.10. The van der Waals surface area contributed by atoms with Gasteiger partial charge in [0.1, 0.15) is 0 Å². The molecule has 0 bridgehead atoms. The highest BCUT2D eigenvalue weighted by Crippen LogP contribution is 2.44. The normalized spacial score (nSPS) is 32.9. The fourth-order valence-corrected chi connectivity index (χ4v) is 5.22. The highest BCUT2D eigenvalue weighted by atomic mass is 16.3. The molecule has 140 valence electrons. The van der Waals surface area contributed by atoms with Gasteiger partial charge in [-0.2, -0.15) is 0 Å². The topological polar surface area (TPSA) is 60.9 Å². The first kappa shape index (κ1) is 17.3. The average molecular weight is 348 g/mol. The van der Waals surface area contributed by atoms with Crippen molar-refractivity contribution < 1.29 is 14.7 Å². The number of carbonyl (C=O) groups is 2. The molecular weight excluding hydrogens is 316 g/mol. The van der Waals surface area contributed by atoms with Gasteiger partial charge in [0.15, 0.2) is 0 Å². The van der Waals surface area contributed by atoms with Crippen LogP contribution in [0, 0.1) is 17.3 Å². The van der Waals surface area contributed by atoms with Crippen molar-refractivity contribution in [1.29, 1.82) is 0 Å². The summed E-state index contributed by atoms with van der Waals surface area (Å²) in [5.41, 5.74) is 0.266. The number of amides is 2. The van der Waals surface area contributed by atoms with Crippen LogP contribution >= 0.6 is 0 Å². The van der Waals surface area contributed by atoms with Crippen molar-refractivity contribution in [3.63, 3.8) is 0 Å². The molecule has 4 aliphatic rings. The quantitative estimate of drug-likeness (QED) is 0.850. The molecule has 1 N–H and O–H groups in total. The molecule has 2 heterocycles. The molecule has 0 radical (unpaired) electrons. The van der Waals surface area contributed by atoms with Crippen molar-refractivity contribution in [3.05, 3.63) is 0 Å². The smallest absolute Gasteiger partial charge is 0.225 e. The predicted molar refractivity (Wildman–Crippen MR) is 94.7 cm³/mol. The first-order valence-corrected chi connectivity index (χ1v) is 10.3. The summed E-state index contributed by atoms with van der Waals surface area (Å²) in [6.07, 6.45) is 10.1. The SMILES string of the molecule is O=C(C1CCC(CO)CC1)N1CCC2(CCC(=O)N(C3CC3)C2)CC1. The minimum atomic E-state index is 0.174. The van der Waals surface area contributed by atoms with Crippen LogP contribution in [-0.2, 0) is 9.59 Å². The van der Waals surface area contributed by atoms with Crippen molar-refractivity contribution in [3.8, 4) is 0 Å². The Kier molecular flexibility index (Phi) is 4.78. The Balaban J connectivity index is 1.30. The molecule has 1 spiro atoms. The zero-order valence-electron chi connectivity index (χ0n) is 15.3. The van der Waals surface area contributed by atoms with Crippen molar-refractivity contribution in [2.75, 3.05) is 26.2 Å². The van der Waals surface area contributed by atoms with Crippen molar-refractivity contribution >= 4 is 11.8 Å². The lowest BCUT2D eigenvalue weighted by Crippen LogP contribution is -2.53. The van der Waals surface area contributed by atoms with Crippen molar-refractivity contribution in [2.45, 2.75) is 70.3 Å². The van der Waals surface area contributed by atoms with Crippen LogP contribution in [0.25, 0.3) is 0 Å². The second-order valence-electron chi connectivity index (χ2n) is 8.98. The van der Waals surface area contributed by atoms with Gasteiger partial charge in [0.05, 0.1) is 0 Å². The maximum Gasteiger partial charge on any atom is 0.225 e. The van der Waals surface area contributed by atoms with Crippen LogP contribution in [0.15, 0.2) is 0 Å². The van der Waals surface area contributed by atoms with Gasteiger partial charge in [0.2, 0.25) is 11.8 Å². The van der Waals surface area contributed by atoms with E-state index in [1.54, 1.807) is 0 Å². The van der Waals surface area contributed by atoms with Gasteiger partial charge in [-0.15, -0.1) is 0 Å². The van der Waals surface area contributed by atoms with Gasteiger partial charge in [-0.1, -0.05) is 0 Å². The van der Waals surface area contributed by atoms with Gasteiger partial charge in [0, 0.05) is 44.6 Å². The third kappa shape index (κ3) is 3.57. The molecule has 4 fully saturated rings. The number of carbonyl (C=O) groups excluding carboxylic acids is 2. The van der Waals surface area contributed by atoms with Crippen LogP contribution in [0.1, 0.15) is 64.2 Å². The Bertz CT molecular complexity index is 515. The lowest BCUT2D eigenvalue weighted by molar-refractivity contribution is -0.145. The van der Waals surface area contributed by atoms with Crippen LogP contribution in [0.4, 0.5) is 0 Å². The highest BCUT2D eigenvalue weighted by molar-refractivity contribution is 5.79. The second-order valence-corrected chi connectivity index (χ2v) is 8.98. The van der Waals surface area contributed by atoms with Crippen LogP contribution in [0.5, 0.6) is 0 Å². The Morgan fingerprint density at radius 1 is 1.04 bits per heavy atom. The fraction of sp³-hybridized carbons (Fsp3) is 0.900. The molecule has 0 aromatic heterocycles. The molecule has 0 unspecified atom stereocenters. The van der Waals surface area contributed by atoms with E-state index in [0.717, 1.165) is 64.6 Å². The van der Waals surface area contributed by atoms with E-state index in [0.29, 0.717) is 30.2 Å². The van der Waals surface area contributed by atoms with E-state index >= 15 is 0 Å². The molecule has 0 atom stereocenters. The largest absolute Gasteiger partial charge is 0.396 e. The number of piperidine rings is 2. The number of aliphatic hydroxyl groups excluding tert-OH is 1. The molecule has 4 rings (SSSR count). The van der Waals surface area contributed by atoms with Crippen LogP contribution in [0.3, 0.4) is 0 Å². The number of rotatable bonds is 3. The summed E-state index contributed by atoms with van der Waals surface area (Å²) in [6, 6.07) is 0.519. The third-order valence-corrected chi connectivity index (χ3v) is 7.27. The van der Waals surface area contributed by atoms with E-state index in [4.69, 9.17) is 0 Å². The molecule has 5 heteroatoms. The Morgan fingerprint density at radius 3 is 2.32 bits per heavy atom. The maximum absolute atomic E-state index is 12.9. The Labute approximate surface area is 150 Å². The summed E-state index contributed by atoms with van der Waals surface area (Å²) >= 11 is 0. The first-order chi connectivity index (χ1) is 12.1. The van der Waals surface area contributed by atoms with E-state index < -0.39 is 0 Å². The van der Waals surface area contributed by atoms with Crippen LogP contribution < -0.4 is 0 Å². The Morgan fingerprint density at radius 2 is 1.72 bits per heavy atom. The van der Waals surface area contributed by atoms with Crippen molar-refractivity contribution in [2.24, 2.45) is 17.3 Å². The van der Waals surface area contributed by atoms with E-state index in [9.17, 15) is 14.7 Å². The average Bonchev–Trinajstić information content (AvgIpc) is 3.49. The van der Waals surface area contributed by atoms with E-state index in [1.165, 1.54) is 12.8 Å². The van der Waals surface area contributed by atoms with Gasteiger partial charge in [0.25, 0.3) is 0 Å². The number of hydrogen-bond acceptors (Lipinski definition) is 3. The molecule has 2 saturated heterocycles. The van der Waals surface area contributed by atoms with Gasteiger partial charge in [-0.3, -0.25) is 9.59 Å². The van der Waals surface area contributed by atoms with E-state index in [-0.39, 0.29) is 17.9 Å². The monoisotopic (exact) mass is 348 g/mol. The zero-order valence-corrected chi connectivity index (χ0v) is 15.3. The second kappa shape index (κ2) is 6.90. The molecule has 0 aromatic carbocycles. The first-order valence-electron chi connectivity index (χ1n) is 10.3. The summed E-state index contributed by atoms with van der Waals surface area (Å²) in [4.78, 5) is 29.3. The minimum Gasteiger partial charge on any atom is -0.396 e. The van der Waals surface area contributed by atoms with Gasteiger partial charge < -0.3 is 14.9 Å². The molecule has 2 amide bonds. The van der Waals surface area contributed by atoms with Crippen molar-refractivity contribution in [1.82, 2.24) is 9.80 Å². The van der Waals surface area contributed by atoms with Crippen LogP contribution in [-0.4, -0.2) is 59.0 Å². The fourth-order valence-electron chi connectivity index (χ4n) is 5.22. The molecule has 25 heavy (non-hydrogen) atoms. The standard InChI is InChI=1S/C20H32N2O3/c23-13-15-1-3-16(4-2-15)19(25)21-11-9-20(10-12-21)8-7-18(24)22(14-20)17-5-6-17/h15-17,23H,1-14H2.